The van der Waals surface area contributed by atoms with E-state index >= 15 is 0 Å². The first kappa shape index (κ1) is 13.7. The van der Waals surface area contributed by atoms with Gasteiger partial charge < -0.3 is 5.11 Å². The summed E-state index contributed by atoms with van der Waals surface area (Å²) in [6.45, 7) is 2.04. The van der Waals surface area contributed by atoms with Crippen LogP contribution in [0.2, 0.25) is 0 Å². The van der Waals surface area contributed by atoms with Gasteiger partial charge in [0.1, 0.15) is 11.6 Å². The highest BCUT2D eigenvalue weighted by Crippen LogP contribution is 2.22. The van der Waals surface area contributed by atoms with Crippen LogP contribution in [-0.4, -0.2) is 5.11 Å². The zero-order valence-electron chi connectivity index (χ0n) is 10.7. The minimum atomic E-state index is -0.905. The topological polar surface area (TPSA) is 20.2 Å². The molecule has 2 aromatic carbocycles. The number of aliphatic hydroxyl groups is 1. The van der Waals surface area contributed by atoms with Crippen molar-refractivity contribution in [2.24, 2.45) is 0 Å². The van der Waals surface area contributed by atoms with E-state index in [2.05, 4.69) is 0 Å². The highest BCUT2D eigenvalue weighted by Gasteiger charge is 2.15. The minimum absolute atomic E-state index is 0.0655. The summed E-state index contributed by atoms with van der Waals surface area (Å²) in [7, 11) is 0. The summed E-state index contributed by atoms with van der Waals surface area (Å²) in [5.74, 6) is -1.24. The Morgan fingerprint density at radius 3 is 2.11 bits per heavy atom. The van der Waals surface area contributed by atoms with Crippen LogP contribution in [0.25, 0.3) is 0 Å². The van der Waals surface area contributed by atoms with E-state index in [0.29, 0.717) is 5.56 Å². The first-order valence-electron chi connectivity index (χ1n) is 6.31. The second-order valence-electron chi connectivity index (χ2n) is 4.52. The van der Waals surface area contributed by atoms with Crippen molar-refractivity contribution in [2.45, 2.75) is 25.9 Å². The molecule has 3 heteroatoms. The van der Waals surface area contributed by atoms with E-state index < -0.39 is 17.7 Å². The third kappa shape index (κ3) is 3.18. The molecule has 0 saturated heterocycles. The van der Waals surface area contributed by atoms with E-state index in [1.807, 2.05) is 19.1 Å². The van der Waals surface area contributed by atoms with Crippen LogP contribution in [0.3, 0.4) is 0 Å². The summed E-state index contributed by atoms with van der Waals surface area (Å²) in [6.07, 6.45) is -0.0558. The molecule has 0 aliphatic heterocycles. The van der Waals surface area contributed by atoms with Gasteiger partial charge in [-0.3, -0.25) is 0 Å². The molecular formula is C16H16F2O. The van der Waals surface area contributed by atoms with Gasteiger partial charge in [0.05, 0.1) is 6.10 Å². The molecule has 0 saturated carbocycles. The van der Waals surface area contributed by atoms with E-state index in [9.17, 15) is 13.9 Å². The molecule has 0 aromatic heterocycles. The van der Waals surface area contributed by atoms with Crippen molar-refractivity contribution < 1.29 is 13.9 Å². The molecule has 0 fully saturated rings. The fourth-order valence-electron chi connectivity index (χ4n) is 2.01. The largest absolute Gasteiger partial charge is 0.388 e. The van der Waals surface area contributed by atoms with Crippen molar-refractivity contribution in [1.82, 2.24) is 0 Å². The fourth-order valence-corrected chi connectivity index (χ4v) is 2.01. The summed E-state index contributed by atoms with van der Waals surface area (Å²) < 4.78 is 27.0. The zero-order chi connectivity index (χ0) is 13.8. The smallest absolute Gasteiger partial charge is 0.129 e. The summed E-state index contributed by atoms with van der Waals surface area (Å²) in [4.78, 5) is 0. The molecule has 1 unspecified atom stereocenters. The average Bonchev–Trinajstić information content (AvgIpc) is 2.43. The Balaban J connectivity index is 2.18. The van der Waals surface area contributed by atoms with E-state index in [1.54, 1.807) is 12.1 Å². The first-order valence-corrected chi connectivity index (χ1v) is 6.31. The first-order chi connectivity index (χ1) is 9.11. The molecule has 1 nitrogen and oxygen atoms in total. The summed E-state index contributed by atoms with van der Waals surface area (Å²) in [6, 6.07) is 11.1. The normalized spacial score (nSPS) is 12.4. The van der Waals surface area contributed by atoms with Crippen LogP contribution >= 0.6 is 0 Å². The number of aryl methyl sites for hydroxylation is 1. The lowest BCUT2D eigenvalue weighted by atomic mass is 9.99. The number of aliphatic hydroxyl groups excluding tert-OH is 1. The van der Waals surface area contributed by atoms with Crippen molar-refractivity contribution in [1.29, 1.82) is 0 Å². The molecule has 2 rings (SSSR count). The van der Waals surface area contributed by atoms with Crippen LogP contribution in [0.1, 0.15) is 29.7 Å². The Bertz CT molecular complexity index is 529. The molecule has 1 atom stereocenters. The van der Waals surface area contributed by atoms with Crippen LogP contribution in [0.5, 0.6) is 0 Å². The number of hydrogen-bond acceptors (Lipinski definition) is 1. The van der Waals surface area contributed by atoms with Crippen LogP contribution < -0.4 is 0 Å². The predicted molar refractivity (Wildman–Crippen MR) is 70.8 cm³/mol. The number of hydrogen-bond donors (Lipinski definition) is 1. The van der Waals surface area contributed by atoms with E-state index in [-0.39, 0.29) is 12.0 Å². The number of halogens is 2. The molecule has 0 bridgehead atoms. The van der Waals surface area contributed by atoms with Gasteiger partial charge in [0.2, 0.25) is 0 Å². The van der Waals surface area contributed by atoms with Crippen molar-refractivity contribution in [3.8, 4) is 0 Å². The molecule has 0 radical (unpaired) electrons. The Labute approximate surface area is 111 Å². The van der Waals surface area contributed by atoms with Gasteiger partial charge >= 0.3 is 0 Å². The van der Waals surface area contributed by atoms with Crippen molar-refractivity contribution in [3.63, 3.8) is 0 Å². The van der Waals surface area contributed by atoms with Crippen molar-refractivity contribution >= 4 is 0 Å². The molecule has 0 heterocycles. The maximum atomic E-state index is 13.5. The van der Waals surface area contributed by atoms with E-state index in [0.717, 1.165) is 12.0 Å². The fraction of sp³-hybridized carbons (Fsp3) is 0.250. The lowest BCUT2D eigenvalue weighted by Crippen LogP contribution is -2.05. The number of rotatable bonds is 4. The predicted octanol–water partition coefficient (Wildman–Crippen LogP) is 3.80. The highest BCUT2D eigenvalue weighted by atomic mass is 19.1. The van der Waals surface area contributed by atoms with Crippen LogP contribution in [0.4, 0.5) is 8.78 Å². The SMILES string of the molecule is CCc1ccc(C(O)Cc2c(F)cccc2F)cc1. The molecule has 0 aliphatic carbocycles. The van der Waals surface area contributed by atoms with Gasteiger partial charge in [0.25, 0.3) is 0 Å². The molecule has 0 amide bonds. The third-order valence-electron chi connectivity index (χ3n) is 3.23. The third-order valence-corrected chi connectivity index (χ3v) is 3.23. The molecule has 100 valence electrons. The van der Waals surface area contributed by atoms with Crippen molar-refractivity contribution in [3.05, 3.63) is 70.8 Å². The second kappa shape index (κ2) is 5.93. The lowest BCUT2D eigenvalue weighted by molar-refractivity contribution is 0.175. The Kier molecular flexibility index (Phi) is 4.27. The minimum Gasteiger partial charge on any atom is -0.388 e. The van der Waals surface area contributed by atoms with Gasteiger partial charge in [-0.1, -0.05) is 37.3 Å². The molecular weight excluding hydrogens is 246 g/mol. The zero-order valence-corrected chi connectivity index (χ0v) is 10.7. The maximum Gasteiger partial charge on any atom is 0.129 e. The monoisotopic (exact) mass is 262 g/mol. The molecule has 2 aromatic rings. The highest BCUT2D eigenvalue weighted by molar-refractivity contribution is 5.27. The van der Waals surface area contributed by atoms with Crippen molar-refractivity contribution in [2.75, 3.05) is 0 Å². The van der Waals surface area contributed by atoms with Gasteiger partial charge in [-0.2, -0.15) is 0 Å². The van der Waals surface area contributed by atoms with Crippen LogP contribution in [0, 0.1) is 11.6 Å². The summed E-state index contributed by atoms with van der Waals surface area (Å²) in [5.41, 5.74) is 1.75. The second-order valence-corrected chi connectivity index (χ2v) is 4.52. The Hall–Kier alpha value is -1.74. The van der Waals surface area contributed by atoms with Crippen LogP contribution in [0.15, 0.2) is 42.5 Å². The lowest BCUT2D eigenvalue weighted by Gasteiger charge is -2.13. The van der Waals surface area contributed by atoms with Gasteiger partial charge in [-0.25, -0.2) is 8.78 Å². The molecule has 1 N–H and O–H groups in total. The quantitative estimate of drug-likeness (QED) is 0.888. The summed E-state index contributed by atoms with van der Waals surface area (Å²) >= 11 is 0. The Morgan fingerprint density at radius 2 is 1.58 bits per heavy atom. The summed E-state index contributed by atoms with van der Waals surface area (Å²) in [5, 5.41) is 10.1. The molecule has 0 spiro atoms. The standard InChI is InChI=1S/C16H16F2O/c1-2-11-6-8-12(9-7-11)16(19)10-13-14(17)4-3-5-15(13)18/h3-9,16,19H,2,10H2,1H3. The Morgan fingerprint density at radius 1 is 1.00 bits per heavy atom. The van der Waals surface area contributed by atoms with Gasteiger partial charge in [-0.05, 0) is 29.7 Å². The molecule has 19 heavy (non-hydrogen) atoms. The van der Waals surface area contributed by atoms with Gasteiger partial charge in [0, 0.05) is 12.0 Å². The van der Waals surface area contributed by atoms with Gasteiger partial charge in [0.15, 0.2) is 0 Å². The maximum absolute atomic E-state index is 13.5. The number of benzene rings is 2. The van der Waals surface area contributed by atoms with E-state index in [1.165, 1.54) is 18.2 Å². The van der Waals surface area contributed by atoms with Crippen LogP contribution in [-0.2, 0) is 12.8 Å². The molecule has 0 aliphatic rings. The van der Waals surface area contributed by atoms with E-state index in [4.69, 9.17) is 0 Å². The average molecular weight is 262 g/mol. The van der Waals surface area contributed by atoms with Gasteiger partial charge in [-0.15, -0.1) is 0 Å².